The van der Waals surface area contributed by atoms with Crippen LogP contribution in [0.25, 0.3) is 0 Å². The van der Waals surface area contributed by atoms with Gasteiger partial charge in [0.1, 0.15) is 11.5 Å². The number of carbonyl (C=O) groups is 1. The number of nitrogens with zero attached hydrogens (tertiary/aromatic N) is 2. The molecule has 1 aromatic heterocycles. The third kappa shape index (κ3) is 2.90. The average molecular weight is 265 g/mol. The molecule has 5 heteroatoms. The molecule has 2 rings (SSSR count). The summed E-state index contributed by atoms with van der Waals surface area (Å²) in [7, 11) is 1.72. The Morgan fingerprint density at radius 1 is 1.44 bits per heavy atom. The summed E-state index contributed by atoms with van der Waals surface area (Å²) in [6.45, 7) is 2.22. The fourth-order valence-electron chi connectivity index (χ4n) is 1.65. The minimum atomic E-state index is -0.0989. The minimum absolute atomic E-state index is 0.0989. The molecule has 18 heavy (non-hydrogen) atoms. The lowest BCUT2D eigenvalue weighted by Crippen LogP contribution is -2.26. The summed E-state index contributed by atoms with van der Waals surface area (Å²) in [5, 5.41) is 4.40. The second kappa shape index (κ2) is 5.23. The maximum atomic E-state index is 12.1. The molecule has 0 saturated carbocycles. The fourth-order valence-corrected chi connectivity index (χ4v) is 1.84. The van der Waals surface area contributed by atoms with Gasteiger partial charge >= 0.3 is 0 Å². The zero-order valence-corrected chi connectivity index (χ0v) is 10.9. The molecule has 0 aliphatic rings. The molecule has 0 fully saturated rings. The highest BCUT2D eigenvalue weighted by Gasteiger charge is 2.13. The molecule has 0 unspecified atom stereocenters. The van der Waals surface area contributed by atoms with Crippen LogP contribution in [0.3, 0.4) is 0 Å². The molecule has 94 valence electrons. The molecular weight excluding hydrogens is 252 g/mol. The van der Waals surface area contributed by atoms with E-state index in [1.165, 1.54) is 0 Å². The predicted molar refractivity (Wildman–Crippen MR) is 68.5 cm³/mol. The van der Waals surface area contributed by atoms with Gasteiger partial charge in [-0.1, -0.05) is 22.8 Å². The van der Waals surface area contributed by atoms with Gasteiger partial charge in [-0.2, -0.15) is 0 Å². The Labute approximate surface area is 110 Å². The third-order valence-corrected chi connectivity index (χ3v) is 2.73. The molecule has 1 amide bonds. The number of rotatable bonds is 3. The number of hydrogen-bond acceptors (Lipinski definition) is 3. The van der Waals surface area contributed by atoms with Crippen molar-refractivity contribution in [1.29, 1.82) is 0 Å². The van der Waals surface area contributed by atoms with Crippen molar-refractivity contribution in [3.8, 4) is 0 Å². The van der Waals surface area contributed by atoms with Crippen molar-refractivity contribution in [2.24, 2.45) is 0 Å². The van der Waals surface area contributed by atoms with Crippen molar-refractivity contribution in [1.82, 2.24) is 10.1 Å². The zero-order valence-electron chi connectivity index (χ0n) is 10.2. The van der Waals surface area contributed by atoms with Gasteiger partial charge in [-0.05, 0) is 25.1 Å². The normalized spacial score (nSPS) is 10.4. The first kappa shape index (κ1) is 12.6. The molecule has 0 spiro atoms. The molecule has 0 atom stereocenters. The summed E-state index contributed by atoms with van der Waals surface area (Å²) in [4.78, 5) is 13.7. The molecule has 1 heterocycles. The largest absolute Gasteiger partial charge is 0.361 e. The van der Waals surface area contributed by atoms with E-state index in [4.69, 9.17) is 16.1 Å². The van der Waals surface area contributed by atoms with E-state index in [-0.39, 0.29) is 5.91 Å². The highest BCUT2D eigenvalue weighted by molar-refractivity contribution is 6.30. The molecule has 4 nitrogen and oxygen atoms in total. The van der Waals surface area contributed by atoms with Crippen molar-refractivity contribution >= 4 is 17.5 Å². The van der Waals surface area contributed by atoms with Gasteiger partial charge in [0.2, 0.25) is 0 Å². The van der Waals surface area contributed by atoms with Crippen LogP contribution in [0.4, 0.5) is 0 Å². The lowest BCUT2D eigenvalue weighted by Gasteiger charge is -2.15. The van der Waals surface area contributed by atoms with Crippen LogP contribution in [0.1, 0.15) is 21.8 Å². The Balaban J connectivity index is 2.09. The average Bonchev–Trinajstić information content (AvgIpc) is 2.73. The number of amides is 1. The molecule has 0 aliphatic heterocycles. The Bertz CT molecular complexity index is 566. The van der Waals surface area contributed by atoms with E-state index in [2.05, 4.69) is 5.16 Å². The standard InChI is InChI=1S/C13H13ClN2O2/c1-9-6-12(15-18-9)8-16(2)13(17)10-4-3-5-11(14)7-10/h3-7H,8H2,1-2H3. The van der Waals surface area contributed by atoms with Gasteiger partial charge in [-0.25, -0.2) is 0 Å². The number of carbonyl (C=O) groups excluding carboxylic acids is 1. The van der Waals surface area contributed by atoms with Gasteiger partial charge in [-0.3, -0.25) is 4.79 Å². The molecule has 2 aromatic rings. The van der Waals surface area contributed by atoms with E-state index in [9.17, 15) is 4.79 Å². The van der Waals surface area contributed by atoms with Gasteiger partial charge in [0.05, 0.1) is 6.54 Å². The van der Waals surface area contributed by atoms with Crippen LogP contribution < -0.4 is 0 Å². The van der Waals surface area contributed by atoms with Gasteiger partial charge < -0.3 is 9.42 Å². The molecule has 0 N–H and O–H groups in total. The Morgan fingerprint density at radius 2 is 2.22 bits per heavy atom. The molecule has 0 bridgehead atoms. The van der Waals surface area contributed by atoms with Crippen LogP contribution in [0.2, 0.25) is 5.02 Å². The highest BCUT2D eigenvalue weighted by Crippen LogP contribution is 2.13. The first-order valence-corrected chi connectivity index (χ1v) is 5.87. The SMILES string of the molecule is Cc1cc(CN(C)C(=O)c2cccc(Cl)c2)no1. The lowest BCUT2D eigenvalue weighted by molar-refractivity contribution is 0.0782. The molecule has 0 radical (unpaired) electrons. The fraction of sp³-hybridized carbons (Fsp3) is 0.231. The predicted octanol–water partition coefficient (Wildman–Crippen LogP) is 2.91. The monoisotopic (exact) mass is 264 g/mol. The molecule has 1 aromatic carbocycles. The van der Waals surface area contributed by atoms with Crippen molar-refractivity contribution in [2.75, 3.05) is 7.05 Å². The van der Waals surface area contributed by atoms with Crippen molar-refractivity contribution < 1.29 is 9.32 Å². The number of aromatic nitrogens is 1. The van der Waals surface area contributed by atoms with E-state index < -0.39 is 0 Å². The Kier molecular flexibility index (Phi) is 3.67. The van der Waals surface area contributed by atoms with Gasteiger partial charge in [0, 0.05) is 23.7 Å². The summed E-state index contributed by atoms with van der Waals surface area (Å²) >= 11 is 5.86. The van der Waals surface area contributed by atoms with Crippen molar-refractivity contribution in [3.63, 3.8) is 0 Å². The van der Waals surface area contributed by atoms with Gasteiger partial charge in [-0.15, -0.1) is 0 Å². The maximum Gasteiger partial charge on any atom is 0.254 e. The van der Waals surface area contributed by atoms with Crippen LogP contribution in [-0.4, -0.2) is 23.0 Å². The molecular formula is C13H13ClN2O2. The third-order valence-electron chi connectivity index (χ3n) is 2.49. The highest BCUT2D eigenvalue weighted by atomic mass is 35.5. The minimum Gasteiger partial charge on any atom is -0.361 e. The zero-order chi connectivity index (χ0) is 13.1. The Hall–Kier alpha value is -1.81. The van der Waals surface area contributed by atoms with E-state index >= 15 is 0 Å². The second-order valence-electron chi connectivity index (χ2n) is 4.10. The van der Waals surface area contributed by atoms with E-state index in [1.807, 2.05) is 13.0 Å². The number of hydrogen-bond donors (Lipinski definition) is 0. The van der Waals surface area contributed by atoms with Crippen LogP contribution in [0.5, 0.6) is 0 Å². The van der Waals surface area contributed by atoms with Crippen molar-refractivity contribution in [3.05, 3.63) is 52.4 Å². The van der Waals surface area contributed by atoms with Crippen LogP contribution in [0, 0.1) is 6.92 Å². The number of halogens is 1. The first-order chi connectivity index (χ1) is 8.56. The quantitative estimate of drug-likeness (QED) is 0.856. The topological polar surface area (TPSA) is 46.3 Å². The number of benzene rings is 1. The van der Waals surface area contributed by atoms with Crippen LogP contribution >= 0.6 is 11.6 Å². The van der Waals surface area contributed by atoms with Crippen molar-refractivity contribution in [2.45, 2.75) is 13.5 Å². The van der Waals surface area contributed by atoms with E-state index in [0.29, 0.717) is 17.1 Å². The lowest BCUT2D eigenvalue weighted by atomic mass is 10.2. The summed E-state index contributed by atoms with van der Waals surface area (Å²) < 4.78 is 4.96. The first-order valence-electron chi connectivity index (χ1n) is 5.49. The van der Waals surface area contributed by atoms with Crippen LogP contribution in [-0.2, 0) is 6.54 Å². The van der Waals surface area contributed by atoms with E-state index in [0.717, 1.165) is 11.5 Å². The van der Waals surface area contributed by atoms with E-state index in [1.54, 1.807) is 36.2 Å². The second-order valence-corrected chi connectivity index (χ2v) is 4.54. The summed E-state index contributed by atoms with van der Waals surface area (Å²) in [5.74, 6) is 0.631. The smallest absolute Gasteiger partial charge is 0.254 e. The summed E-state index contributed by atoms with van der Waals surface area (Å²) in [6, 6.07) is 8.68. The summed E-state index contributed by atoms with van der Waals surface area (Å²) in [6.07, 6.45) is 0. The Morgan fingerprint density at radius 3 is 2.83 bits per heavy atom. The number of aryl methyl sites for hydroxylation is 1. The molecule has 0 aliphatic carbocycles. The summed E-state index contributed by atoms with van der Waals surface area (Å²) in [5.41, 5.74) is 1.29. The van der Waals surface area contributed by atoms with Crippen LogP contribution in [0.15, 0.2) is 34.9 Å². The maximum absolute atomic E-state index is 12.1. The van der Waals surface area contributed by atoms with Gasteiger partial charge in [0.15, 0.2) is 0 Å². The molecule has 0 saturated heterocycles. The van der Waals surface area contributed by atoms with Gasteiger partial charge in [0.25, 0.3) is 5.91 Å².